The summed E-state index contributed by atoms with van der Waals surface area (Å²) < 4.78 is 6.46. The molecular formula is C18H16N2O3S. The lowest BCUT2D eigenvalue weighted by molar-refractivity contribution is -0.118. The number of thiazole rings is 1. The van der Waals surface area contributed by atoms with Crippen molar-refractivity contribution in [3.05, 3.63) is 53.6 Å². The standard InChI is InChI=1S/C18H16N2O3S/c1-11-4-3-5-15-17(11)20-18(24-15)19-16(22)10-23-14-8-6-13(7-9-14)12(2)21/h3-9H,10H2,1-2H3,(H,19,20,22). The molecule has 6 heteroatoms. The number of hydrogen-bond donors (Lipinski definition) is 1. The van der Waals surface area contributed by atoms with Gasteiger partial charge < -0.3 is 4.74 Å². The first-order valence-corrected chi connectivity index (χ1v) is 8.24. The van der Waals surface area contributed by atoms with Gasteiger partial charge in [-0.15, -0.1) is 0 Å². The van der Waals surface area contributed by atoms with Gasteiger partial charge in [-0.1, -0.05) is 23.5 Å². The number of anilines is 1. The number of amides is 1. The van der Waals surface area contributed by atoms with Gasteiger partial charge in [0.05, 0.1) is 10.2 Å². The first-order valence-electron chi connectivity index (χ1n) is 7.43. The van der Waals surface area contributed by atoms with E-state index in [4.69, 9.17) is 4.74 Å². The molecule has 1 heterocycles. The Labute approximate surface area is 143 Å². The van der Waals surface area contributed by atoms with Crippen LogP contribution >= 0.6 is 11.3 Å². The molecule has 0 bridgehead atoms. The summed E-state index contributed by atoms with van der Waals surface area (Å²) in [6.07, 6.45) is 0. The van der Waals surface area contributed by atoms with E-state index in [1.807, 2.05) is 25.1 Å². The molecular weight excluding hydrogens is 324 g/mol. The summed E-state index contributed by atoms with van der Waals surface area (Å²) in [7, 11) is 0. The minimum absolute atomic E-state index is 0.00887. The molecule has 0 fully saturated rings. The second-order valence-electron chi connectivity index (χ2n) is 5.36. The normalized spacial score (nSPS) is 10.6. The number of nitrogens with zero attached hydrogens (tertiary/aromatic N) is 1. The number of fused-ring (bicyclic) bond motifs is 1. The van der Waals surface area contributed by atoms with E-state index >= 15 is 0 Å². The number of ether oxygens (including phenoxy) is 1. The molecule has 0 unspecified atom stereocenters. The van der Waals surface area contributed by atoms with Gasteiger partial charge in [-0.3, -0.25) is 14.9 Å². The molecule has 24 heavy (non-hydrogen) atoms. The van der Waals surface area contributed by atoms with Crippen LogP contribution in [0.4, 0.5) is 5.13 Å². The first-order chi connectivity index (χ1) is 11.5. The third kappa shape index (κ3) is 3.60. The van der Waals surface area contributed by atoms with Crippen molar-refractivity contribution in [1.29, 1.82) is 0 Å². The number of ketones is 1. The Morgan fingerprint density at radius 3 is 2.58 bits per heavy atom. The fourth-order valence-corrected chi connectivity index (χ4v) is 3.19. The number of carbonyl (C=O) groups excluding carboxylic acids is 2. The maximum Gasteiger partial charge on any atom is 0.264 e. The number of aryl methyl sites for hydroxylation is 1. The lowest BCUT2D eigenvalue weighted by Gasteiger charge is -2.06. The minimum Gasteiger partial charge on any atom is -0.484 e. The van der Waals surface area contributed by atoms with Crippen molar-refractivity contribution >= 4 is 38.4 Å². The maximum absolute atomic E-state index is 12.0. The lowest BCUT2D eigenvalue weighted by atomic mass is 10.1. The second kappa shape index (κ2) is 6.80. The fourth-order valence-electron chi connectivity index (χ4n) is 2.23. The van der Waals surface area contributed by atoms with Crippen molar-refractivity contribution in [3.8, 4) is 5.75 Å². The van der Waals surface area contributed by atoms with Gasteiger partial charge in [-0.2, -0.15) is 0 Å². The molecule has 0 atom stereocenters. The largest absolute Gasteiger partial charge is 0.484 e. The van der Waals surface area contributed by atoms with E-state index in [0.29, 0.717) is 16.4 Å². The molecule has 3 rings (SSSR count). The predicted octanol–water partition coefficient (Wildman–Crippen LogP) is 3.82. The molecule has 0 aliphatic rings. The van der Waals surface area contributed by atoms with E-state index in [2.05, 4.69) is 10.3 Å². The lowest BCUT2D eigenvalue weighted by Crippen LogP contribution is -2.20. The highest BCUT2D eigenvalue weighted by molar-refractivity contribution is 7.22. The summed E-state index contributed by atoms with van der Waals surface area (Å²) in [5.41, 5.74) is 2.58. The zero-order valence-corrected chi connectivity index (χ0v) is 14.1. The molecule has 3 aromatic rings. The van der Waals surface area contributed by atoms with Crippen molar-refractivity contribution in [2.45, 2.75) is 13.8 Å². The van der Waals surface area contributed by atoms with Gasteiger partial charge in [0.25, 0.3) is 5.91 Å². The highest BCUT2D eigenvalue weighted by Gasteiger charge is 2.10. The molecule has 122 valence electrons. The zero-order valence-electron chi connectivity index (χ0n) is 13.3. The summed E-state index contributed by atoms with van der Waals surface area (Å²) in [5, 5.41) is 3.30. The Hall–Kier alpha value is -2.73. The molecule has 0 saturated carbocycles. The van der Waals surface area contributed by atoms with Gasteiger partial charge >= 0.3 is 0 Å². The molecule has 2 aromatic carbocycles. The monoisotopic (exact) mass is 340 g/mol. The Balaban J connectivity index is 1.60. The van der Waals surface area contributed by atoms with Crippen LogP contribution < -0.4 is 10.1 Å². The van der Waals surface area contributed by atoms with Crippen molar-refractivity contribution in [1.82, 2.24) is 4.98 Å². The highest BCUT2D eigenvalue weighted by Crippen LogP contribution is 2.27. The molecule has 1 N–H and O–H groups in total. The van der Waals surface area contributed by atoms with Crippen molar-refractivity contribution < 1.29 is 14.3 Å². The average Bonchev–Trinajstić information content (AvgIpc) is 2.97. The van der Waals surface area contributed by atoms with Crippen LogP contribution in [0.3, 0.4) is 0 Å². The highest BCUT2D eigenvalue weighted by atomic mass is 32.1. The Bertz CT molecular complexity index is 900. The summed E-state index contributed by atoms with van der Waals surface area (Å²) >= 11 is 1.43. The Morgan fingerprint density at radius 1 is 1.17 bits per heavy atom. The number of hydrogen-bond acceptors (Lipinski definition) is 5. The van der Waals surface area contributed by atoms with Crippen LogP contribution in [0.2, 0.25) is 0 Å². The van der Waals surface area contributed by atoms with E-state index in [1.165, 1.54) is 18.3 Å². The van der Waals surface area contributed by atoms with Crippen LogP contribution in [0, 0.1) is 6.92 Å². The number of rotatable bonds is 5. The number of benzene rings is 2. The quantitative estimate of drug-likeness (QED) is 0.717. The number of nitrogens with one attached hydrogen (secondary N) is 1. The molecule has 0 radical (unpaired) electrons. The van der Waals surface area contributed by atoms with E-state index in [9.17, 15) is 9.59 Å². The van der Waals surface area contributed by atoms with E-state index in [-0.39, 0.29) is 18.3 Å². The van der Waals surface area contributed by atoms with Crippen molar-refractivity contribution in [3.63, 3.8) is 0 Å². The Morgan fingerprint density at radius 2 is 1.92 bits per heavy atom. The summed E-state index contributed by atoms with van der Waals surface area (Å²) in [4.78, 5) is 27.6. The van der Waals surface area contributed by atoms with Gasteiger partial charge in [0.2, 0.25) is 0 Å². The average molecular weight is 340 g/mol. The third-order valence-corrected chi connectivity index (χ3v) is 4.43. The van der Waals surface area contributed by atoms with Gasteiger partial charge in [0.1, 0.15) is 5.75 Å². The molecule has 0 aliphatic carbocycles. The number of Topliss-reactive ketones (excluding diaryl/α,β-unsaturated/α-hetero) is 1. The molecule has 5 nitrogen and oxygen atoms in total. The van der Waals surface area contributed by atoms with Gasteiger partial charge in [0.15, 0.2) is 17.5 Å². The van der Waals surface area contributed by atoms with E-state index < -0.39 is 0 Å². The van der Waals surface area contributed by atoms with Crippen LogP contribution in [-0.4, -0.2) is 23.3 Å². The first kappa shape index (κ1) is 16.1. The molecule has 0 aliphatic heterocycles. The van der Waals surface area contributed by atoms with Gasteiger partial charge in [-0.05, 0) is 49.7 Å². The minimum atomic E-state index is -0.276. The van der Waals surface area contributed by atoms with Crippen molar-refractivity contribution in [2.75, 3.05) is 11.9 Å². The van der Waals surface area contributed by atoms with Crippen LogP contribution in [-0.2, 0) is 4.79 Å². The van der Waals surface area contributed by atoms with E-state index in [0.717, 1.165) is 15.8 Å². The van der Waals surface area contributed by atoms with Gasteiger partial charge in [-0.25, -0.2) is 4.98 Å². The maximum atomic E-state index is 12.0. The summed E-state index contributed by atoms with van der Waals surface area (Å²) in [6, 6.07) is 12.6. The number of aromatic nitrogens is 1. The second-order valence-corrected chi connectivity index (χ2v) is 6.39. The Kier molecular flexibility index (Phi) is 4.57. The molecule has 1 aromatic heterocycles. The molecule has 1 amide bonds. The summed E-state index contributed by atoms with van der Waals surface area (Å²) in [5.74, 6) is 0.253. The van der Waals surface area contributed by atoms with Crippen LogP contribution in [0.25, 0.3) is 10.2 Å². The molecule has 0 spiro atoms. The van der Waals surface area contributed by atoms with E-state index in [1.54, 1.807) is 24.3 Å². The zero-order chi connectivity index (χ0) is 17.1. The fraction of sp³-hybridized carbons (Fsp3) is 0.167. The van der Waals surface area contributed by atoms with Crippen molar-refractivity contribution in [2.24, 2.45) is 0 Å². The summed E-state index contributed by atoms with van der Waals surface area (Å²) in [6.45, 7) is 3.37. The van der Waals surface area contributed by atoms with Crippen LogP contribution in [0.5, 0.6) is 5.75 Å². The predicted molar refractivity (Wildman–Crippen MR) is 94.9 cm³/mol. The SMILES string of the molecule is CC(=O)c1ccc(OCC(=O)Nc2nc3c(C)cccc3s2)cc1. The van der Waals surface area contributed by atoms with Gasteiger partial charge in [0, 0.05) is 5.56 Å². The molecule has 0 saturated heterocycles. The number of carbonyl (C=O) groups is 2. The van der Waals surface area contributed by atoms with Crippen LogP contribution in [0.15, 0.2) is 42.5 Å². The topological polar surface area (TPSA) is 68.3 Å². The smallest absolute Gasteiger partial charge is 0.264 e. The third-order valence-electron chi connectivity index (χ3n) is 3.50. The van der Waals surface area contributed by atoms with Crippen LogP contribution in [0.1, 0.15) is 22.8 Å². The number of para-hydroxylation sites is 1.